The number of benzene rings is 1. The first-order chi connectivity index (χ1) is 9.51. The molecule has 1 unspecified atom stereocenters. The second-order valence-corrected chi connectivity index (χ2v) is 8.21. The van der Waals surface area contributed by atoms with Crippen LogP contribution in [0.4, 0.5) is 0 Å². The predicted molar refractivity (Wildman–Crippen MR) is 96.0 cm³/mol. The smallest absolute Gasteiger partial charge is 0.0961 e. The Bertz CT molecular complexity index is 558. The first-order valence-electron chi connectivity index (χ1n) is 6.46. The lowest BCUT2D eigenvalue weighted by molar-refractivity contribution is 0.605. The Morgan fingerprint density at radius 2 is 1.85 bits per heavy atom. The van der Waals surface area contributed by atoms with Gasteiger partial charge in [-0.2, -0.15) is 0 Å². The van der Waals surface area contributed by atoms with Gasteiger partial charge in [0.25, 0.3) is 0 Å². The molecule has 20 heavy (non-hydrogen) atoms. The maximum atomic E-state index is 6.23. The van der Waals surface area contributed by atoms with Gasteiger partial charge in [0.2, 0.25) is 0 Å². The zero-order chi connectivity index (χ0) is 14.7. The summed E-state index contributed by atoms with van der Waals surface area (Å²) in [6.45, 7) is 5.20. The molecule has 1 N–H and O–H groups in total. The van der Waals surface area contributed by atoms with Crippen LogP contribution in [0.3, 0.4) is 0 Å². The van der Waals surface area contributed by atoms with E-state index in [1.807, 2.05) is 6.07 Å². The molecule has 2 aromatic rings. The fraction of sp³-hybridized carbons (Fsp3) is 0.333. The normalized spacial score (nSPS) is 12.7. The van der Waals surface area contributed by atoms with Crippen LogP contribution in [0, 0.1) is 6.92 Å². The van der Waals surface area contributed by atoms with Crippen molar-refractivity contribution in [3.05, 3.63) is 53.6 Å². The summed E-state index contributed by atoms with van der Waals surface area (Å²) in [4.78, 5) is 1.26. The van der Waals surface area contributed by atoms with Crippen molar-refractivity contribution < 1.29 is 0 Å². The molecule has 0 aliphatic rings. The van der Waals surface area contributed by atoms with E-state index in [0.29, 0.717) is 0 Å². The molecule has 0 radical (unpaired) electrons. The van der Waals surface area contributed by atoms with Crippen LogP contribution in [0.1, 0.15) is 35.4 Å². The number of hydrogen-bond acceptors (Lipinski definition) is 2. The molecule has 0 spiro atoms. The predicted octanol–water partition coefficient (Wildman–Crippen LogP) is 6.32. The van der Waals surface area contributed by atoms with Crippen LogP contribution in [-0.4, -0.2) is 6.54 Å². The third-order valence-corrected chi connectivity index (χ3v) is 5.51. The Hall–Kier alpha value is 0.130. The monoisotopic (exact) mass is 435 g/mol. The molecular formula is C15H16Br2ClNS. The minimum Gasteiger partial charge on any atom is -0.306 e. The molecule has 0 saturated carbocycles. The second kappa shape index (κ2) is 7.41. The molecule has 1 aromatic carbocycles. The van der Waals surface area contributed by atoms with E-state index in [4.69, 9.17) is 11.6 Å². The lowest BCUT2D eigenvalue weighted by Crippen LogP contribution is -2.22. The van der Waals surface area contributed by atoms with Gasteiger partial charge in [0.15, 0.2) is 0 Å². The van der Waals surface area contributed by atoms with Crippen molar-refractivity contribution in [3.8, 4) is 0 Å². The minimum atomic E-state index is 0.181. The van der Waals surface area contributed by atoms with E-state index >= 15 is 0 Å². The van der Waals surface area contributed by atoms with Crippen molar-refractivity contribution in [1.82, 2.24) is 5.32 Å². The van der Waals surface area contributed by atoms with Gasteiger partial charge >= 0.3 is 0 Å². The quantitative estimate of drug-likeness (QED) is 0.577. The van der Waals surface area contributed by atoms with Gasteiger partial charge in [-0.1, -0.05) is 50.4 Å². The van der Waals surface area contributed by atoms with Gasteiger partial charge < -0.3 is 5.32 Å². The minimum absolute atomic E-state index is 0.181. The van der Waals surface area contributed by atoms with Crippen LogP contribution in [-0.2, 0) is 0 Å². The molecule has 108 valence electrons. The number of hydrogen-bond donors (Lipinski definition) is 1. The Balaban J connectivity index is 2.40. The van der Waals surface area contributed by atoms with Crippen molar-refractivity contribution in [3.63, 3.8) is 0 Å². The van der Waals surface area contributed by atoms with E-state index in [-0.39, 0.29) is 6.04 Å². The maximum absolute atomic E-state index is 6.23. The van der Waals surface area contributed by atoms with Gasteiger partial charge in [-0.05, 0) is 55.3 Å². The molecule has 1 aromatic heterocycles. The number of thiophene rings is 1. The SMILES string of the molecule is CCCNC(c1cc(Br)cc(Br)c1)c1cc(C)c(Cl)s1. The molecule has 1 heterocycles. The third-order valence-electron chi connectivity index (χ3n) is 2.98. The molecule has 5 heteroatoms. The van der Waals surface area contributed by atoms with E-state index in [2.05, 4.69) is 69.2 Å². The summed E-state index contributed by atoms with van der Waals surface area (Å²) >= 11 is 15.0. The van der Waals surface area contributed by atoms with Crippen molar-refractivity contribution in [2.24, 2.45) is 0 Å². The molecule has 2 rings (SSSR count). The van der Waals surface area contributed by atoms with Gasteiger partial charge in [0, 0.05) is 13.8 Å². The zero-order valence-corrected chi connectivity index (χ0v) is 16.1. The number of aryl methyl sites for hydroxylation is 1. The largest absolute Gasteiger partial charge is 0.306 e. The summed E-state index contributed by atoms with van der Waals surface area (Å²) in [6.07, 6.45) is 1.10. The first-order valence-corrected chi connectivity index (χ1v) is 9.24. The number of halogens is 3. The molecule has 0 saturated heterocycles. The highest BCUT2D eigenvalue weighted by Gasteiger charge is 2.18. The van der Waals surface area contributed by atoms with Crippen LogP contribution in [0.25, 0.3) is 0 Å². The molecule has 1 atom stereocenters. The standard InChI is InChI=1S/C15H16Br2ClNS/c1-3-4-19-14(13-5-9(2)15(18)20-13)10-6-11(16)8-12(17)7-10/h5-8,14,19H,3-4H2,1-2H3. The van der Waals surface area contributed by atoms with Gasteiger partial charge in [-0.25, -0.2) is 0 Å². The van der Waals surface area contributed by atoms with Crippen LogP contribution >= 0.6 is 54.8 Å². The van der Waals surface area contributed by atoms with Crippen LogP contribution in [0.2, 0.25) is 4.34 Å². The highest BCUT2D eigenvalue weighted by molar-refractivity contribution is 9.11. The summed E-state index contributed by atoms with van der Waals surface area (Å²) in [7, 11) is 0. The fourth-order valence-electron chi connectivity index (χ4n) is 2.04. The number of rotatable bonds is 5. The Kier molecular flexibility index (Phi) is 6.11. The average Bonchev–Trinajstić information content (AvgIpc) is 2.69. The fourth-order valence-corrected chi connectivity index (χ4v) is 4.69. The van der Waals surface area contributed by atoms with E-state index in [1.54, 1.807) is 11.3 Å². The van der Waals surface area contributed by atoms with Crippen LogP contribution in [0.5, 0.6) is 0 Å². The summed E-state index contributed by atoms with van der Waals surface area (Å²) < 4.78 is 3.02. The van der Waals surface area contributed by atoms with Gasteiger partial charge in [0.05, 0.1) is 10.4 Å². The average molecular weight is 438 g/mol. The van der Waals surface area contributed by atoms with E-state index in [1.165, 1.54) is 10.4 Å². The van der Waals surface area contributed by atoms with E-state index in [0.717, 1.165) is 31.8 Å². The highest BCUT2D eigenvalue weighted by atomic mass is 79.9. The summed E-state index contributed by atoms with van der Waals surface area (Å²) in [6, 6.07) is 8.71. The summed E-state index contributed by atoms with van der Waals surface area (Å²) in [5.74, 6) is 0. The Labute approximate surface area is 146 Å². The van der Waals surface area contributed by atoms with Gasteiger partial charge in [0.1, 0.15) is 0 Å². The van der Waals surface area contributed by atoms with E-state index in [9.17, 15) is 0 Å². The van der Waals surface area contributed by atoms with Gasteiger partial charge in [-0.3, -0.25) is 0 Å². The molecule has 0 fully saturated rings. The third kappa shape index (κ3) is 4.08. The lowest BCUT2D eigenvalue weighted by atomic mass is 10.0. The highest BCUT2D eigenvalue weighted by Crippen LogP contribution is 2.35. The maximum Gasteiger partial charge on any atom is 0.0961 e. The van der Waals surface area contributed by atoms with Crippen molar-refractivity contribution in [1.29, 1.82) is 0 Å². The van der Waals surface area contributed by atoms with Crippen LogP contribution < -0.4 is 5.32 Å². The van der Waals surface area contributed by atoms with Crippen molar-refractivity contribution in [2.45, 2.75) is 26.3 Å². The first kappa shape index (κ1) is 16.5. The zero-order valence-electron chi connectivity index (χ0n) is 11.3. The Morgan fingerprint density at radius 3 is 2.35 bits per heavy atom. The number of nitrogens with one attached hydrogen (secondary N) is 1. The lowest BCUT2D eigenvalue weighted by Gasteiger charge is -2.18. The summed E-state index contributed by atoms with van der Waals surface area (Å²) in [5.41, 5.74) is 2.38. The molecule has 0 aliphatic heterocycles. The van der Waals surface area contributed by atoms with Crippen molar-refractivity contribution in [2.75, 3.05) is 6.54 Å². The van der Waals surface area contributed by atoms with Gasteiger partial charge in [-0.15, -0.1) is 11.3 Å². The van der Waals surface area contributed by atoms with Crippen molar-refractivity contribution >= 4 is 54.8 Å². The molecule has 0 aliphatic carbocycles. The Morgan fingerprint density at radius 1 is 1.20 bits per heavy atom. The summed E-state index contributed by atoms with van der Waals surface area (Å²) in [5, 5.41) is 3.61. The molecule has 1 nitrogen and oxygen atoms in total. The molecule has 0 bridgehead atoms. The molecule has 0 amide bonds. The topological polar surface area (TPSA) is 12.0 Å². The second-order valence-electron chi connectivity index (χ2n) is 4.70. The van der Waals surface area contributed by atoms with Crippen LogP contribution in [0.15, 0.2) is 33.2 Å². The van der Waals surface area contributed by atoms with E-state index < -0.39 is 0 Å². The molecular weight excluding hydrogens is 422 g/mol.